The van der Waals surface area contributed by atoms with Crippen LogP contribution in [0.5, 0.6) is 0 Å². The smallest absolute Gasteiger partial charge is 0.0597 e. The van der Waals surface area contributed by atoms with Crippen molar-refractivity contribution in [3.05, 3.63) is 52.8 Å². The fourth-order valence-electron chi connectivity index (χ4n) is 2.14. The maximum Gasteiger partial charge on any atom is 0.0597 e. The lowest BCUT2D eigenvalue weighted by atomic mass is 10.1. The van der Waals surface area contributed by atoms with Crippen LogP contribution in [0.25, 0.3) is 0 Å². The average molecular weight is 243 g/mol. The number of rotatable bonds is 4. The maximum absolute atomic E-state index is 4.35. The predicted octanol–water partition coefficient (Wildman–Crippen LogP) is 2.89. The number of aromatic nitrogens is 2. The summed E-state index contributed by atoms with van der Waals surface area (Å²) >= 11 is 0. The van der Waals surface area contributed by atoms with E-state index in [1.807, 2.05) is 18.7 Å². The molecule has 3 nitrogen and oxygen atoms in total. The van der Waals surface area contributed by atoms with Gasteiger partial charge in [0.05, 0.1) is 11.4 Å². The van der Waals surface area contributed by atoms with Gasteiger partial charge in [0, 0.05) is 19.6 Å². The van der Waals surface area contributed by atoms with Crippen LogP contribution in [0.3, 0.4) is 0 Å². The molecule has 1 aromatic heterocycles. The quantitative estimate of drug-likeness (QED) is 0.895. The molecule has 18 heavy (non-hydrogen) atoms. The zero-order valence-electron chi connectivity index (χ0n) is 11.6. The summed E-state index contributed by atoms with van der Waals surface area (Å²) in [6, 6.07) is 11.1. The summed E-state index contributed by atoms with van der Waals surface area (Å²) in [4.78, 5) is 0. The Bertz CT molecular complexity index is 528. The number of hydrogen-bond donors (Lipinski definition) is 1. The normalized spacial score (nSPS) is 12.7. The fourth-order valence-corrected chi connectivity index (χ4v) is 2.14. The number of benzene rings is 1. The van der Waals surface area contributed by atoms with E-state index in [-0.39, 0.29) is 0 Å². The Balaban J connectivity index is 2.00. The van der Waals surface area contributed by atoms with E-state index in [2.05, 4.69) is 54.6 Å². The Morgan fingerprint density at radius 1 is 1.28 bits per heavy atom. The van der Waals surface area contributed by atoms with E-state index in [1.54, 1.807) is 0 Å². The molecule has 1 aromatic carbocycles. The summed E-state index contributed by atoms with van der Waals surface area (Å²) < 4.78 is 1.94. The highest BCUT2D eigenvalue weighted by molar-refractivity contribution is 5.24. The van der Waals surface area contributed by atoms with Crippen molar-refractivity contribution in [1.29, 1.82) is 0 Å². The molecule has 0 saturated carbocycles. The van der Waals surface area contributed by atoms with Gasteiger partial charge in [-0.3, -0.25) is 4.68 Å². The van der Waals surface area contributed by atoms with Gasteiger partial charge in [-0.2, -0.15) is 5.10 Å². The van der Waals surface area contributed by atoms with Gasteiger partial charge in [-0.1, -0.05) is 29.8 Å². The lowest BCUT2D eigenvalue weighted by Gasteiger charge is -2.14. The molecule has 0 aliphatic heterocycles. The first-order valence-electron chi connectivity index (χ1n) is 6.35. The van der Waals surface area contributed by atoms with Gasteiger partial charge in [-0.05, 0) is 32.4 Å². The van der Waals surface area contributed by atoms with Crippen LogP contribution in [-0.2, 0) is 13.6 Å². The van der Waals surface area contributed by atoms with E-state index in [0.717, 1.165) is 12.2 Å². The molecule has 3 heteroatoms. The van der Waals surface area contributed by atoms with E-state index in [1.165, 1.54) is 16.8 Å². The molecule has 0 aliphatic rings. The number of aryl methyl sites for hydroxylation is 3. The second kappa shape index (κ2) is 5.36. The number of nitrogens with zero attached hydrogens (tertiary/aromatic N) is 2. The minimum atomic E-state index is 0.347. The molecule has 2 rings (SSSR count). The second-order valence-corrected chi connectivity index (χ2v) is 4.92. The highest BCUT2D eigenvalue weighted by Gasteiger charge is 2.07. The molecule has 0 unspecified atom stereocenters. The molecule has 0 aliphatic carbocycles. The molecule has 1 N–H and O–H groups in total. The Labute approximate surface area is 109 Å². The van der Waals surface area contributed by atoms with Crippen molar-refractivity contribution >= 4 is 0 Å². The van der Waals surface area contributed by atoms with Crippen LogP contribution in [-0.4, -0.2) is 9.78 Å². The van der Waals surface area contributed by atoms with Crippen LogP contribution in [0.4, 0.5) is 0 Å². The van der Waals surface area contributed by atoms with Gasteiger partial charge in [0.25, 0.3) is 0 Å². The zero-order chi connectivity index (χ0) is 13.1. The molecule has 0 amide bonds. The van der Waals surface area contributed by atoms with Crippen molar-refractivity contribution in [3.8, 4) is 0 Å². The number of hydrogen-bond acceptors (Lipinski definition) is 2. The molecule has 1 atom stereocenters. The highest BCUT2D eigenvalue weighted by Crippen LogP contribution is 2.14. The molecule has 0 bridgehead atoms. The van der Waals surface area contributed by atoms with Crippen LogP contribution >= 0.6 is 0 Å². The summed E-state index contributed by atoms with van der Waals surface area (Å²) in [5.41, 5.74) is 4.91. The third-order valence-electron chi connectivity index (χ3n) is 3.23. The van der Waals surface area contributed by atoms with Crippen LogP contribution in [0.1, 0.15) is 35.5 Å². The third-order valence-corrected chi connectivity index (χ3v) is 3.23. The highest BCUT2D eigenvalue weighted by atomic mass is 15.3. The first-order chi connectivity index (χ1) is 8.56. The molecule has 2 aromatic rings. The summed E-state index contributed by atoms with van der Waals surface area (Å²) in [7, 11) is 1.99. The molecular formula is C15H21N3. The van der Waals surface area contributed by atoms with Crippen molar-refractivity contribution in [2.45, 2.75) is 33.4 Å². The summed E-state index contributed by atoms with van der Waals surface area (Å²) in [5.74, 6) is 0. The minimum Gasteiger partial charge on any atom is -0.305 e. The number of nitrogens with one attached hydrogen (secondary N) is 1. The third kappa shape index (κ3) is 2.99. The molecule has 96 valence electrons. The van der Waals surface area contributed by atoms with Crippen molar-refractivity contribution in [2.75, 3.05) is 0 Å². The van der Waals surface area contributed by atoms with Crippen LogP contribution in [0.15, 0.2) is 30.3 Å². The van der Waals surface area contributed by atoms with Crippen molar-refractivity contribution in [2.24, 2.45) is 7.05 Å². The average Bonchev–Trinajstić information content (AvgIpc) is 2.65. The first-order valence-corrected chi connectivity index (χ1v) is 6.35. The molecule has 0 saturated heterocycles. The Morgan fingerprint density at radius 2 is 2.06 bits per heavy atom. The van der Waals surface area contributed by atoms with Crippen LogP contribution in [0, 0.1) is 13.8 Å². The lowest BCUT2D eigenvalue weighted by Crippen LogP contribution is -2.19. The Kier molecular flexibility index (Phi) is 3.82. The van der Waals surface area contributed by atoms with E-state index >= 15 is 0 Å². The SMILES string of the molecule is Cc1cccc([C@@H](C)NCc2cc(C)nn2C)c1. The second-order valence-electron chi connectivity index (χ2n) is 4.92. The zero-order valence-corrected chi connectivity index (χ0v) is 11.6. The molecule has 0 fully saturated rings. The van der Waals surface area contributed by atoms with Gasteiger partial charge in [-0.25, -0.2) is 0 Å². The van der Waals surface area contributed by atoms with E-state index < -0.39 is 0 Å². The fraction of sp³-hybridized carbons (Fsp3) is 0.400. The van der Waals surface area contributed by atoms with Gasteiger partial charge in [-0.15, -0.1) is 0 Å². The Hall–Kier alpha value is -1.61. The van der Waals surface area contributed by atoms with E-state index in [0.29, 0.717) is 6.04 Å². The minimum absolute atomic E-state index is 0.347. The standard InChI is InChI=1S/C15H21N3/c1-11-6-5-7-14(8-11)13(3)16-10-15-9-12(2)17-18(15)4/h5-9,13,16H,10H2,1-4H3/t13-/m1/s1. The van der Waals surface area contributed by atoms with E-state index in [4.69, 9.17) is 0 Å². The van der Waals surface area contributed by atoms with Crippen molar-refractivity contribution < 1.29 is 0 Å². The van der Waals surface area contributed by atoms with Crippen molar-refractivity contribution in [3.63, 3.8) is 0 Å². The molecule has 0 radical (unpaired) electrons. The topological polar surface area (TPSA) is 29.9 Å². The van der Waals surface area contributed by atoms with Gasteiger partial charge in [0.1, 0.15) is 0 Å². The Morgan fingerprint density at radius 3 is 2.67 bits per heavy atom. The van der Waals surface area contributed by atoms with E-state index in [9.17, 15) is 0 Å². The van der Waals surface area contributed by atoms with Gasteiger partial charge in [0.15, 0.2) is 0 Å². The van der Waals surface area contributed by atoms with Gasteiger partial charge in [0.2, 0.25) is 0 Å². The summed E-state index contributed by atoms with van der Waals surface area (Å²) in [6.45, 7) is 7.18. The maximum atomic E-state index is 4.35. The predicted molar refractivity (Wildman–Crippen MR) is 74.4 cm³/mol. The van der Waals surface area contributed by atoms with Crippen LogP contribution in [0.2, 0.25) is 0 Å². The van der Waals surface area contributed by atoms with Crippen molar-refractivity contribution in [1.82, 2.24) is 15.1 Å². The van der Waals surface area contributed by atoms with Gasteiger partial charge < -0.3 is 5.32 Å². The monoisotopic (exact) mass is 243 g/mol. The van der Waals surface area contributed by atoms with Crippen LogP contribution < -0.4 is 5.32 Å². The first kappa shape index (κ1) is 12.8. The summed E-state index contributed by atoms with van der Waals surface area (Å²) in [5, 5.41) is 7.89. The van der Waals surface area contributed by atoms with Gasteiger partial charge >= 0.3 is 0 Å². The molecule has 1 heterocycles. The molecular weight excluding hydrogens is 222 g/mol. The lowest BCUT2D eigenvalue weighted by molar-refractivity contribution is 0.548. The summed E-state index contributed by atoms with van der Waals surface area (Å²) in [6.07, 6.45) is 0. The largest absolute Gasteiger partial charge is 0.305 e. The molecule has 0 spiro atoms.